The van der Waals surface area contributed by atoms with E-state index in [4.69, 9.17) is 5.73 Å². The third-order valence-electron chi connectivity index (χ3n) is 4.22. The minimum absolute atomic E-state index is 0.0421. The number of carbonyl (C=O) groups excluding carboxylic acids is 2. The van der Waals surface area contributed by atoms with Crippen LogP contribution in [0.2, 0.25) is 0 Å². The lowest BCUT2D eigenvalue weighted by Crippen LogP contribution is -2.27. The summed E-state index contributed by atoms with van der Waals surface area (Å²) in [4.78, 5) is 23.6. The van der Waals surface area contributed by atoms with Crippen LogP contribution < -0.4 is 5.73 Å². The summed E-state index contributed by atoms with van der Waals surface area (Å²) in [5.41, 5.74) is 6.20. The number of amides is 2. The highest BCUT2D eigenvalue weighted by atomic mass is 19.1. The second-order valence-electron chi connectivity index (χ2n) is 6.41. The number of hydrogen-bond donors (Lipinski definition) is 1. The number of rotatable bonds is 7. The topological polar surface area (TPSA) is 106 Å². The Bertz CT molecular complexity index is 935. The second-order valence-corrected chi connectivity index (χ2v) is 6.41. The van der Waals surface area contributed by atoms with E-state index in [2.05, 4.69) is 22.0 Å². The summed E-state index contributed by atoms with van der Waals surface area (Å²) >= 11 is 0. The number of hydrogen-bond acceptors (Lipinski definition) is 5. The molecule has 0 aliphatic carbocycles. The molecule has 2 amide bonds. The maximum atomic E-state index is 13.5. The Balaban J connectivity index is 1.58. The van der Waals surface area contributed by atoms with Gasteiger partial charge in [0.15, 0.2) is 5.69 Å². The fourth-order valence-corrected chi connectivity index (χ4v) is 2.89. The molecule has 2 aromatic rings. The van der Waals surface area contributed by atoms with Crippen molar-refractivity contribution in [2.45, 2.75) is 31.8 Å². The number of halogens is 2. The molecule has 0 radical (unpaired) electrons. The molecule has 1 aliphatic rings. The summed E-state index contributed by atoms with van der Waals surface area (Å²) < 4.78 is 28.4. The summed E-state index contributed by atoms with van der Waals surface area (Å²) in [6.07, 6.45) is 3.78. The number of aromatic nitrogens is 3. The average molecular weight is 388 g/mol. The van der Waals surface area contributed by atoms with Gasteiger partial charge in [-0.1, -0.05) is 17.4 Å². The van der Waals surface area contributed by atoms with Gasteiger partial charge in [-0.25, -0.2) is 18.5 Å². The minimum Gasteiger partial charge on any atom is -0.364 e. The smallest absolute Gasteiger partial charge is 0.270 e. The molecule has 2 N–H and O–H groups in total. The Labute approximate surface area is 159 Å². The van der Waals surface area contributed by atoms with E-state index in [1.807, 2.05) is 0 Å². The summed E-state index contributed by atoms with van der Waals surface area (Å²) in [5.74, 6) is -2.38. The number of benzene rings is 1. The first kappa shape index (κ1) is 19.3. The molecule has 8 nitrogen and oxygen atoms in total. The average Bonchev–Trinajstić information content (AvgIpc) is 3.28. The van der Waals surface area contributed by atoms with Crippen LogP contribution in [0.25, 0.3) is 0 Å². The van der Waals surface area contributed by atoms with Gasteiger partial charge in [0.1, 0.15) is 11.6 Å². The predicted octanol–water partition coefficient (Wildman–Crippen LogP) is 1.95. The van der Waals surface area contributed by atoms with Gasteiger partial charge in [0.2, 0.25) is 5.91 Å². The lowest BCUT2D eigenvalue weighted by Gasteiger charge is -2.22. The minimum atomic E-state index is -0.703. The van der Waals surface area contributed by atoms with Gasteiger partial charge in [0.05, 0.1) is 18.8 Å². The van der Waals surface area contributed by atoms with E-state index in [1.54, 1.807) is 6.21 Å². The Hall–Kier alpha value is -3.43. The number of carbonyl (C=O) groups is 2. The van der Waals surface area contributed by atoms with Gasteiger partial charge in [-0.15, -0.1) is 5.10 Å². The van der Waals surface area contributed by atoms with Gasteiger partial charge in [-0.05, 0) is 24.1 Å². The molecule has 0 saturated carbocycles. The van der Waals surface area contributed by atoms with E-state index < -0.39 is 23.6 Å². The van der Waals surface area contributed by atoms with Gasteiger partial charge < -0.3 is 5.73 Å². The monoisotopic (exact) mass is 388 g/mol. The normalized spacial score (nSPS) is 15.8. The number of hydrazone groups is 1. The molecule has 146 valence electrons. The first-order chi connectivity index (χ1) is 13.3. The van der Waals surface area contributed by atoms with E-state index in [-0.39, 0.29) is 24.6 Å². The van der Waals surface area contributed by atoms with E-state index >= 15 is 0 Å². The van der Waals surface area contributed by atoms with E-state index in [9.17, 15) is 18.4 Å². The van der Waals surface area contributed by atoms with Crippen molar-refractivity contribution in [3.8, 4) is 0 Å². The second kappa shape index (κ2) is 8.07. The van der Waals surface area contributed by atoms with Crippen molar-refractivity contribution in [2.24, 2.45) is 10.8 Å². The molecule has 0 saturated heterocycles. The molecule has 1 aliphatic heterocycles. The third-order valence-corrected chi connectivity index (χ3v) is 4.22. The standard InChI is InChI=1S/C18H18F2N6O2/c1-11(9-25-10-15(18(21)28)23-24-25)2-3-17(27)26-16(4-5-22-26)12-6-13(19)8-14(20)7-12/h5-8,10,16H,1-4,9H2,(H2,21,28). The molecule has 1 unspecified atom stereocenters. The fourth-order valence-electron chi connectivity index (χ4n) is 2.89. The van der Waals surface area contributed by atoms with Crippen molar-refractivity contribution in [3.05, 3.63) is 59.4 Å². The summed E-state index contributed by atoms with van der Waals surface area (Å²) in [5, 5.41) is 12.7. The summed E-state index contributed by atoms with van der Waals surface area (Å²) in [6, 6.07) is 2.63. The lowest BCUT2D eigenvalue weighted by atomic mass is 10.0. The van der Waals surface area contributed by atoms with Crippen LogP contribution in [0.5, 0.6) is 0 Å². The zero-order valence-electron chi connectivity index (χ0n) is 14.9. The Morgan fingerprint density at radius 2 is 1.93 bits per heavy atom. The van der Waals surface area contributed by atoms with Crippen LogP contribution in [0, 0.1) is 11.6 Å². The van der Waals surface area contributed by atoms with Crippen molar-refractivity contribution in [3.63, 3.8) is 0 Å². The van der Waals surface area contributed by atoms with E-state index in [0.717, 1.165) is 6.07 Å². The molecule has 1 atom stereocenters. The highest BCUT2D eigenvalue weighted by molar-refractivity contribution is 5.90. The van der Waals surface area contributed by atoms with E-state index in [0.29, 0.717) is 24.0 Å². The van der Waals surface area contributed by atoms with Crippen LogP contribution in [0.4, 0.5) is 8.78 Å². The van der Waals surface area contributed by atoms with Crippen LogP contribution in [0.1, 0.15) is 41.4 Å². The Kier molecular flexibility index (Phi) is 5.57. The number of primary amides is 1. The van der Waals surface area contributed by atoms with Gasteiger partial charge in [0.25, 0.3) is 5.91 Å². The predicted molar refractivity (Wildman–Crippen MR) is 96.0 cm³/mol. The number of nitrogens with two attached hydrogens (primary N) is 1. The number of allylic oxidation sites excluding steroid dienone is 1. The molecule has 2 heterocycles. The SMILES string of the molecule is C=C(CCC(=O)N1N=CCC1c1cc(F)cc(F)c1)Cn1cc(C(N)=O)nn1. The molecule has 0 spiro atoms. The molecule has 0 fully saturated rings. The molecular formula is C18H18F2N6O2. The lowest BCUT2D eigenvalue weighted by molar-refractivity contribution is -0.133. The zero-order valence-corrected chi connectivity index (χ0v) is 14.9. The van der Waals surface area contributed by atoms with Crippen LogP contribution in [0.3, 0.4) is 0 Å². The van der Waals surface area contributed by atoms with Gasteiger partial charge in [-0.3, -0.25) is 9.59 Å². The van der Waals surface area contributed by atoms with Gasteiger partial charge >= 0.3 is 0 Å². The molecule has 1 aromatic heterocycles. The first-order valence-electron chi connectivity index (χ1n) is 8.50. The van der Waals surface area contributed by atoms with Crippen LogP contribution in [0.15, 0.2) is 41.6 Å². The third kappa shape index (κ3) is 4.45. The molecule has 3 rings (SSSR count). The van der Waals surface area contributed by atoms with Crippen molar-refractivity contribution in [1.29, 1.82) is 0 Å². The van der Waals surface area contributed by atoms with Crippen LogP contribution in [-0.2, 0) is 11.3 Å². The van der Waals surface area contributed by atoms with Crippen LogP contribution >= 0.6 is 0 Å². The zero-order chi connectivity index (χ0) is 20.3. The van der Waals surface area contributed by atoms with Crippen molar-refractivity contribution >= 4 is 18.0 Å². The first-order valence-corrected chi connectivity index (χ1v) is 8.50. The summed E-state index contributed by atoms with van der Waals surface area (Å²) in [6.45, 7) is 4.16. The van der Waals surface area contributed by atoms with Gasteiger partial charge in [0, 0.05) is 25.1 Å². The van der Waals surface area contributed by atoms with Crippen molar-refractivity contribution < 1.29 is 18.4 Å². The highest BCUT2D eigenvalue weighted by Gasteiger charge is 2.28. The molecule has 0 bridgehead atoms. The maximum Gasteiger partial charge on any atom is 0.270 e. The number of nitrogens with zero attached hydrogens (tertiary/aromatic N) is 5. The molecule has 28 heavy (non-hydrogen) atoms. The van der Waals surface area contributed by atoms with E-state index in [1.165, 1.54) is 28.0 Å². The summed E-state index contributed by atoms with van der Waals surface area (Å²) in [7, 11) is 0. The van der Waals surface area contributed by atoms with Gasteiger partial charge in [-0.2, -0.15) is 5.10 Å². The maximum absolute atomic E-state index is 13.5. The van der Waals surface area contributed by atoms with Crippen molar-refractivity contribution in [1.82, 2.24) is 20.0 Å². The quantitative estimate of drug-likeness (QED) is 0.732. The van der Waals surface area contributed by atoms with Crippen molar-refractivity contribution in [2.75, 3.05) is 0 Å². The Morgan fingerprint density at radius 1 is 1.21 bits per heavy atom. The largest absolute Gasteiger partial charge is 0.364 e. The highest BCUT2D eigenvalue weighted by Crippen LogP contribution is 2.30. The van der Waals surface area contributed by atoms with Crippen LogP contribution in [-0.4, -0.2) is 38.0 Å². The fraction of sp³-hybridized carbons (Fsp3) is 0.278. The molecule has 1 aromatic carbocycles. The molecule has 10 heteroatoms. The Morgan fingerprint density at radius 3 is 2.57 bits per heavy atom. The molecular weight excluding hydrogens is 370 g/mol.